The van der Waals surface area contributed by atoms with Gasteiger partial charge in [0.25, 0.3) is 0 Å². The van der Waals surface area contributed by atoms with Crippen LogP contribution in [0.2, 0.25) is 0 Å². The summed E-state index contributed by atoms with van der Waals surface area (Å²) < 4.78 is 1.86. The molecule has 120 valence electrons. The van der Waals surface area contributed by atoms with Crippen LogP contribution in [0.25, 0.3) is 0 Å². The molecule has 0 bridgehead atoms. The summed E-state index contributed by atoms with van der Waals surface area (Å²) in [4.78, 5) is 32.5. The van der Waals surface area contributed by atoms with Crippen LogP contribution in [0.5, 0.6) is 0 Å². The van der Waals surface area contributed by atoms with Crippen LogP contribution < -0.4 is 0 Å². The topological polar surface area (TPSA) is 58.4 Å². The lowest BCUT2D eigenvalue weighted by atomic mass is 10.1. The van der Waals surface area contributed by atoms with E-state index in [2.05, 4.69) is 4.98 Å². The van der Waals surface area contributed by atoms with Crippen molar-refractivity contribution in [1.82, 2.24) is 19.4 Å². The lowest BCUT2D eigenvalue weighted by Gasteiger charge is -2.38. The first-order valence-electron chi connectivity index (χ1n) is 7.64. The third-order valence-electron chi connectivity index (χ3n) is 4.23. The van der Waals surface area contributed by atoms with Gasteiger partial charge in [0.05, 0.1) is 6.54 Å². The summed E-state index contributed by atoms with van der Waals surface area (Å²) >= 11 is 0. The van der Waals surface area contributed by atoms with Crippen molar-refractivity contribution in [3.63, 3.8) is 0 Å². The van der Waals surface area contributed by atoms with E-state index in [4.69, 9.17) is 0 Å². The largest absolute Gasteiger partial charge is 0.337 e. The van der Waals surface area contributed by atoms with E-state index in [1.54, 1.807) is 22.9 Å². The summed E-state index contributed by atoms with van der Waals surface area (Å²) in [5.74, 6) is 0.702. The molecular weight excluding hydrogens is 292 g/mol. The number of piperazine rings is 1. The average molecular weight is 312 g/mol. The van der Waals surface area contributed by atoms with Gasteiger partial charge in [-0.2, -0.15) is 0 Å². The van der Waals surface area contributed by atoms with Gasteiger partial charge in [-0.05, 0) is 12.5 Å². The molecule has 1 aliphatic rings. The molecule has 1 saturated heterocycles. The maximum atomic E-state index is 12.6. The van der Waals surface area contributed by atoms with Gasteiger partial charge in [-0.25, -0.2) is 4.98 Å². The first-order valence-corrected chi connectivity index (χ1v) is 7.64. The number of rotatable bonds is 4. The van der Waals surface area contributed by atoms with Crippen molar-refractivity contribution >= 4 is 11.8 Å². The van der Waals surface area contributed by atoms with Crippen LogP contribution in [0, 0.1) is 0 Å². The van der Waals surface area contributed by atoms with Gasteiger partial charge in [0.1, 0.15) is 18.4 Å². The van der Waals surface area contributed by atoms with Gasteiger partial charge in [-0.1, -0.05) is 30.3 Å². The number of carbonyl (C=O) groups excluding carboxylic acids is 2. The number of benzene rings is 1. The molecule has 1 aromatic heterocycles. The Labute approximate surface area is 135 Å². The standard InChI is InChI=1S/C17H20N4O2/c1-13-17(23)20(10-14-6-4-3-5-7-14)12-16(22)21(13)11-15-18-8-9-19(15)2/h3-9,13H,10-12H2,1-2H3/t13-/m0/s1. The minimum Gasteiger partial charge on any atom is -0.337 e. The van der Waals surface area contributed by atoms with Crippen LogP contribution in [0.3, 0.4) is 0 Å². The molecule has 3 rings (SSSR count). The van der Waals surface area contributed by atoms with Crippen LogP contribution in [0.1, 0.15) is 18.3 Å². The van der Waals surface area contributed by atoms with Crippen molar-refractivity contribution in [3.05, 3.63) is 54.1 Å². The molecule has 2 heterocycles. The third kappa shape index (κ3) is 3.11. The van der Waals surface area contributed by atoms with Crippen molar-refractivity contribution < 1.29 is 9.59 Å². The summed E-state index contributed by atoms with van der Waals surface area (Å²) in [6.07, 6.45) is 3.52. The number of nitrogens with zero attached hydrogens (tertiary/aromatic N) is 4. The lowest BCUT2D eigenvalue weighted by Crippen LogP contribution is -2.58. The minimum atomic E-state index is -0.475. The highest BCUT2D eigenvalue weighted by atomic mass is 16.2. The Kier molecular flexibility index (Phi) is 4.14. The van der Waals surface area contributed by atoms with Crippen LogP contribution in [-0.2, 0) is 29.7 Å². The molecule has 2 aromatic rings. The molecule has 6 nitrogen and oxygen atoms in total. The Bertz CT molecular complexity index is 710. The first kappa shape index (κ1) is 15.3. The fourth-order valence-electron chi connectivity index (χ4n) is 2.81. The molecule has 0 spiro atoms. The first-order chi connectivity index (χ1) is 11.1. The maximum absolute atomic E-state index is 12.6. The molecule has 0 saturated carbocycles. The van der Waals surface area contributed by atoms with Crippen LogP contribution >= 0.6 is 0 Å². The Morgan fingerprint density at radius 3 is 2.57 bits per heavy atom. The Morgan fingerprint density at radius 2 is 1.91 bits per heavy atom. The molecule has 1 atom stereocenters. The molecule has 2 amide bonds. The molecule has 0 radical (unpaired) electrons. The molecule has 1 aliphatic heterocycles. The predicted octanol–water partition coefficient (Wildman–Crippen LogP) is 1.18. The maximum Gasteiger partial charge on any atom is 0.245 e. The van der Waals surface area contributed by atoms with Crippen molar-refractivity contribution in [1.29, 1.82) is 0 Å². The van der Waals surface area contributed by atoms with E-state index in [0.29, 0.717) is 13.1 Å². The van der Waals surface area contributed by atoms with Gasteiger partial charge >= 0.3 is 0 Å². The minimum absolute atomic E-state index is 0.0253. The Balaban J connectivity index is 1.73. The number of imidazole rings is 1. The second kappa shape index (κ2) is 6.24. The van der Waals surface area contributed by atoms with E-state index < -0.39 is 6.04 Å². The zero-order valence-electron chi connectivity index (χ0n) is 13.3. The second-order valence-electron chi connectivity index (χ2n) is 5.83. The summed E-state index contributed by atoms with van der Waals surface area (Å²) in [7, 11) is 1.88. The third-order valence-corrected chi connectivity index (χ3v) is 4.23. The molecular formula is C17H20N4O2. The number of aryl methyl sites for hydroxylation is 1. The van der Waals surface area contributed by atoms with E-state index in [0.717, 1.165) is 11.4 Å². The van der Waals surface area contributed by atoms with Crippen molar-refractivity contribution in [2.24, 2.45) is 7.05 Å². The zero-order chi connectivity index (χ0) is 16.4. The van der Waals surface area contributed by atoms with Crippen molar-refractivity contribution in [2.45, 2.75) is 26.1 Å². The van der Waals surface area contributed by atoms with E-state index >= 15 is 0 Å². The highest BCUT2D eigenvalue weighted by Gasteiger charge is 2.36. The average Bonchev–Trinajstić information content (AvgIpc) is 2.95. The normalized spacial score (nSPS) is 18.6. The smallest absolute Gasteiger partial charge is 0.245 e. The fraction of sp³-hybridized carbons (Fsp3) is 0.353. The van der Waals surface area contributed by atoms with Crippen LogP contribution in [0.15, 0.2) is 42.7 Å². The van der Waals surface area contributed by atoms with Gasteiger partial charge in [0.15, 0.2) is 0 Å². The van der Waals surface area contributed by atoms with Gasteiger partial charge in [-0.15, -0.1) is 0 Å². The Morgan fingerprint density at radius 1 is 1.17 bits per heavy atom. The van der Waals surface area contributed by atoms with E-state index in [-0.39, 0.29) is 18.4 Å². The number of hydrogen-bond donors (Lipinski definition) is 0. The molecule has 0 N–H and O–H groups in total. The highest BCUT2D eigenvalue weighted by molar-refractivity contribution is 5.94. The summed E-state index contributed by atoms with van der Waals surface area (Å²) in [6, 6.07) is 9.25. The van der Waals surface area contributed by atoms with Gasteiger partial charge < -0.3 is 14.4 Å². The SMILES string of the molecule is C[C@H]1C(=O)N(Cc2ccccc2)CC(=O)N1Cc1nccn1C. The molecule has 0 aliphatic carbocycles. The predicted molar refractivity (Wildman–Crippen MR) is 85.1 cm³/mol. The van der Waals surface area contributed by atoms with E-state index in [1.165, 1.54) is 0 Å². The van der Waals surface area contributed by atoms with E-state index in [9.17, 15) is 9.59 Å². The van der Waals surface area contributed by atoms with Crippen LogP contribution in [-0.4, -0.2) is 43.8 Å². The highest BCUT2D eigenvalue weighted by Crippen LogP contribution is 2.17. The molecule has 1 aromatic carbocycles. The zero-order valence-corrected chi connectivity index (χ0v) is 13.3. The second-order valence-corrected chi connectivity index (χ2v) is 5.83. The fourth-order valence-corrected chi connectivity index (χ4v) is 2.81. The number of hydrogen-bond acceptors (Lipinski definition) is 3. The van der Waals surface area contributed by atoms with Gasteiger partial charge in [-0.3, -0.25) is 9.59 Å². The molecule has 1 fully saturated rings. The Hall–Kier alpha value is -2.63. The number of aromatic nitrogens is 2. The van der Waals surface area contributed by atoms with Crippen molar-refractivity contribution in [3.8, 4) is 0 Å². The summed E-state index contributed by atoms with van der Waals surface area (Å²) in [5.41, 5.74) is 1.03. The molecule has 0 unspecified atom stereocenters. The van der Waals surface area contributed by atoms with Gasteiger partial charge in [0, 0.05) is 26.0 Å². The molecule has 23 heavy (non-hydrogen) atoms. The number of amides is 2. The van der Waals surface area contributed by atoms with E-state index in [1.807, 2.05) is 48.1 Å². The quantitative estimate of drug-likeness (QED) is 0.852. The van der Waals surface area contributed by atoms with Crippen molar-refractivity contribution in [2.75, 3.05) is 6.54 Å². The van der Waals surface area contributed by atoms with Gasteiger partial charge in [0.2, 0.25) is 11.8 Å². The van der Waals surface area contributed by atoms with Crippen LogP contribution in [0.4, 0.5) is 0 Å². The summed E-state index contributed by atoms with van der Waals surface area (Å²) in [6.45, 7) is 2.71. The summed E-state index contributed by atoms with van der Waals surface area (Å²) in [5, 5.41) is 0. The monoisotopic (exact) mass is 312 g/mol. The molecule has 6 heteroatoms. The lowest BCUT2D eigenvalue weighted by molar-refractivity contribution is -0.156. The number of carbonyl (C=O) groups is 2.